The van der Waals surface area contributed by atoms with E-state index >= 15 is 0 Å². The summed E-state index contributed by atoms with van der Waals surface area (Å²) in [6.45, 7) is 5.64. The van der Waals surface area contributed by atoms with Gasteiger partial charge in [-0.1, -0.05) is 31.5 Å². The summed E-state index contributed by atoms with van der Waals surface area (Å²) < 4.78 is 0. The third-order valence-electron chi connectivity index (χ3n) is 3.70. The van der Waals surface area contributed by atoms with E-state index in [9.17, 15) is 0 Å². The number of benzene rings is 1. The van der Waals surface area contributed by atoms with Crippen molar-refractivity contribution in [2.75, 3.05) is 6.54 Å². The van der Waals surface area contributed by atoms with Gasteiger partial charge in [-0.3, -0.25) is 0 Å². The summed E-state index contributed by atoms with van der Waals surface area (Å²) in [4.78, 5) is 1.47. The molecule has 0 aliphatic heterocycles. The molecule has 1 aromatic rings. The second kappa shape index (κ2) is 7.20. The van der Waals surface area contributed by atoms with Crippen molar-refractivity contribution >= 4 is 11.8 Å². The van der Waals surface area contributed by atoms with Crippen LogP contribution >= 0.6 is 11.8 Å². The van der Waals surface area contributed by atoms with Crippen molar-refractivity contribution in [3.8, 4) is 0 Å². The lowest BCUT2D eigenvalue weighted by Gasteiger charge is -2.29. The number of hydrogen-bond acceptors (Lipinski definition) is 2. The predicted octanol–water partition coefficient (Wildman–Crippen LogP) is 4.40. The molecule has 100 valence electrons. The highest BCUT2D eigenvalue weighted by Crippen LogP contribution is 2.35. The Labute approximate surface area is 116 Å². The van der Waals surface area contributed by atoms with E-state index in [1.54, 1.807) is 0 Å². The van der Waals surface area contributed by atoms with Gasteiger partial charge in [-0.25, -0.2) is 0 Å². The Hall–Kier alpha value is -0.470. The maximum absolute atomic E-state index is 3.69. The molecule has 1 aliphatic carbocycles. The van der Waals surface area contributed by atoms with Crippen molar-refractivity contribution in [3.05, 3.63) is 29.8 Å². The van der Waals surface area contributed by atoms with Gasteiger partial charge >= 0.3 is 0 Å². The van der Waals surface area contributed by atoms with Crippen LogP contribution in [0.3, 0.4) is 0 Å². The van der Waals surface area contributed by atoms with Crippen molar-refractivity contribution < 1.29 is 0 Å². The lowest BCUT2D eigenvalue weighted by Crippen LogP contribution is -2.35. The summed E-state index contributed by atoms with van der Waals surface area (Å²) in [6.07, 6.45) is 6.70. The highest BCUT2D eigenvalue weighted by atomic mass is 32.2. The third-order valence-corrected chi connectivity index (χ3v) is 5.17. The average Bonchev–Trinajstić information content (AvgIpc) is 2.40. The van der Waals surface area contributed by atoms with Crippen LogP contribution in [0.1, 0.15) is 44.6 Å². The number of nitrogens with one attached hydrogen (secondary N) is 1. The van der Waals surface area contributed by atoms with Gasteiger partial charge < -0.3 is 5.32 Å². The molecular formula is C16H25NS. The molecule has 0 saturated heterocycles. The van der Waals surface area contributed by atoms with Gasteiger partial charge in [-0.15, -0.1) is 11.8 Å². The van der Waals surface area contributed by atoms with E-state index in [1.165, 1.54) is 49.1 Å². The van der Waals surface area contributed by atoms with Gasteiger partial charge in [0.05, 0.1) is 0 Å². The highest BCUT2D eigenvalue weighted by Gasteiger charge is 2.22. The minimum Gasteiger partial charge on any atom is -0.314 e. The number of thioether (sulfide) groups is 1. The summed E-state index contributed by atoms with van der Waals surface area (Å²) in [5, 5.41) is 4.49. The minimum atomic E-state index is 0.750. The van der Waals surface area contributed by atoms with Crippen LogP contribution in [0.25, 0.3) is 0 Å². The molecule has 0 heterocycles. The molecule has 2 heteroatoms. The lowest BCUT2D eigenvalue weighted by molar-refractivity contribution is 0.381. The smallest absolute Gasteiger partial charge is 0.0109 e. The second-order valence-electron chi connectivity index (χ2n) is 5.32. The first kappa shape index (κ1) is 14.0. The van der Waals surface area contributed by atoms with E-state index in [0.29, 0.717) is 0 Å². The SMILES string of the molecule is CCCNC1CCCC(Sc2ccccc2C)C1. The molecule has 2 rings (SSSR count). The van der Waals surface area contributed by atoms with Crippen LogP contribution in [0.2, 0.25) is 0 Å². The largest absolute Gasteiger partial charge is 0.314 e. The first-order valence-electron chi connectivity index (χ1n) is 7.25. The zero-order chi connectivity index (χ0) is 12.8. The van der Waals surface area contributed by atoms with Crippen LogP contribution in [0.5, 0.6) is 0 Å². The third kappa shape index (κ3) is 4.03. The number of aryl methyl sites for hydroxylation is 1. The molecule has 1 saturated carbocycles. The maximum Gasteiger partial charge on any atom is 0.0109 e. The van der Waals surface area contributed by atoms with Gasteiger partial charge in [0.25, 0.3) is 0 Å². The minimum absolute atomic E-state index is 0.750. The number of rotatable bonds is 5. The van der Waals surface area contributed by atoms with Gasteiger partial charge in [0.2, 0.25) is 0 Å². The monoisotopic (exact) mass is 263 g/mol. The van der Waals surface area contributed by atoms with E-state index < -0.39 is 0 Å². The maximum atomic E-state index is 3.69. The van der Waals surface area contributed by atoms with E-state index in [-0.39, 0.29) is 0 Å². The van der Waals surface area contributed by atoms with Gasteiger partial charge in [0.1, 0.15) is 0 Å². The standard InChI is InChI=1S/C16H25NS/c1-3-11-17-14-8-6-9-15(12-14)18-16-10-5-4-7-13(16)2/h4-5,7,10,14-15,17H,3,6,8-9,11-12H2,1-2H3. The molecule has 1 N–H and O–H groups in total. The van der Waals surface area contributed by atoms with Crippen LogP contribution in [0.4, 0.5) is 0 Å². The van der Waals surface area contributed by atoms with Crippen molar-refractivity contribution in [3.63, 3.8) is 0 Å². The Bertz CT molecular complexity index is 364. The molecule has 1 aliphatic rings. The van der Waals surface area contributed by atoms with Gasteiger partial charge in [-0.2, -0.15) is 0 Å². The molecule has 1 aromatic carbocycles. The molecule has 0 bridgehead atoms. The molecule has 0 spiro atoms. The van der Waals surface area contributed by atoms with Crippen LogP contribution in [0, 0.1) is 6.92 Å². The van der Waals surface area contributed by atoms with Crippen molar-refractivity contribution in [2.45, 2.75) is 62.1 Å². The van der Waals surface area contributed by atoms with Gasteiger partial charge in [0.15, 0.2) is 0 Å². The zero-order valence-corrected chi connectivity index (χ0v) is 12.4. The predicted molar refractivity (Wildman–Crippen MR) is 81.4 cm³/mol. The van der Waals surface area contributed by atoms with Crippen molar-refractivity contribution in [1.29, 1.82) is 0 Å². The summed E-state index contributed by atoms with van der Waals surface area (Å²) in [5.74, 6) is 0. The molecule has 0 aromatic heterocycles. The summed E-state index contributed by atoms with van der Waals surface area (Å²) in [6, 6.07) is 9.53. The molecule has 18 heavy (non-hydrogen) atoms. The Morgan fingerprint density at radius 3 is 2.89 bits per heavy atom. The fourth-order valence-electron chi connectivity index (χ4n) is 2.65. The van der Waals surface area contributed by atoms with E-state index in [0.717, 1.165) is 11.3 Å². The van der Waals surface area contributed by atoms with Crippen LogP contribution in [0.15, 0.2) is 29.2 Å². The van der Waals surface area contributed by atoms with Gasteiger partial charge in [-0.05, 0) is 50.8 Å². The molecule has 1 nitrogen and oxygen atoms in total. The summed E-state index contributed by atoms with van der Waals surface area (Å²) >= 11 is 2.09. The van der Waals surface area contributed by atoms with Crippen LogP contribution in [-0.4, -0.2) is 17.8 Å². The topological polar surface area (TPSA) is 12.0 Å². The Morgan fingerprint density at radius 2 is 2.11 bits per heavy atom. The quantitative estimate of drug-likeness (QED) is 0.845. The molecule has 2 unspecified atom stereocenters. The number of hydrogen-bond donors (Lipinski definition) is 1. The van der Waals surface area contributed by atoms with Crippen LogP contribution < -0.4 is 5.32 Å². The molecule has 1 fully saturated rings. The summed E-state index contributed by atoms with van der Waals surface area (Å²) in [5.41, 5.74) is 1.42. The summed E-state index contributed by atoms with van der Waals surface area (Å²) in [7, 11) is 0. The van der Waals surface area contributed by atoms with Gasteiger partial charge in [0, 0.05) is 16.2 Å². The fraction of sp³-hybridized carbons (Fsp3) is 0.625. The Kier molecular flexibility index (Phi) is 5.58. The van der Waals surface area contributed by atoms with Crippen LogP contribution in [-0.2, 0) is 0 Å². The molecular weight excluding hydrogens is 238 g/mol. The van der Waals surface area contributed by atoms with Crippen molar-refractivity contribution in [1.82, 2.24) is 5.32 Å². The molecule has 0 amide bonds. The fourth-order valence-corrected chi connectivity index (χ4v) is 4.04. The highest BCUT2D eigenvalue weighted by molar-refractivity contribution is 8.00. The normalized spacial score (nSPS) is 24.1. The zero-order valence-electron chi connectivity index (χ0n) is 11.6. The van der Waals surface area contributed by atoms with Crippen molar-refractivity contribution in [2.24, 2.45) is 0 Å². The Balaban J connectivity index is 1.87. The molecule has 2 atom stereocenters. The van der Waals surface area contributed by atoms with E-state index in [1.807, 2.05) is 0 Å². The molecule has 0 radical (unpaired) electrons. The van der Waals surface area contributed by atoms with E-state index in [4.69, 9.17) is 0 Å². The first-order chi connectivity index (χ1) is 8.79. The second-order valence-corrected chi connectivity index (χ2v) is 6.67. The Morgan fingerprint density at radius 1 is 1.28 bits per heavy atom. The lowest BCUT2D eigenvalue weighted by atomic mass is 9.95. The first-order valence-corrected chi connectivity index (χ1v) is 8.13. The van der Waals surface area contributed by atoms with E-state index in [2.05, 4.69) is 55.2 Å². The average molecular weight is 263 g/mol.